The molecule has 3 nitrogen and oxygen atoms in total. The summed E-state index contributed by atoms with van der Waals surface area (Å²) < 4.78 is 40.4. The SMILES string of the molecule is CNC(C1CCCc2cccc(F)c21)S(=O)(=O)c1ccccc1. The van der Waals surface area contributed by atoms with Crippen LogP contribution in [0.15, 0.2) is 53.4 Å². The maximum atomic E-state index is 14.4. The average Bonchev–Trinajstić information content (AvgIpc) is 2.56. The zero-order valence-electron chi connectivity index (χ0n) is 13.0. The second kappa shape index (κ2) is 6.42. The van der Waals surface area contributed by atoms with Crippen molar-refractivity contribution in [2.75, 3.05) is 7.05 Å². The third-order valence-electron chi connectivity index (χ3n) is 4.53. The maximum absolute atomic E-state index is 14.4. The Bertz CT molecular complexity index is 790. The molecule has 0 saturated carbocycles. The van der Waals surface area contributed by atoms with Gasteiger partial charge in [0.15, 0.2) is 9.84 Å². The van der Waals surface area contributed by atoms with Gasteiger partial charge in [0.1, 0.15) is 11.2 Å². The van der Waals surface area contributed by atoms with Crippen LogP contribution in [0.5, 0.6) is 0 Å². The van der Waals surface area contributed by atoms with Crippen molar-refractivity contribution >= 4 is 9.84 Å². The van der Waals surface area contributed by atoms with Crippen LogP contribution in [-0.4, -0.2) is 20.8 Å². The first-order valence-electron chi connectivity index (χ1n) is 7.79. The van der Waals surface area contributed by atoms with E-state index < -0.39 is 15.2 Å². The van der Waals surface area contributed by atoms with Crippen molar-refractivity contribution in [1.82, 2.24) is 5.32 Å². The van der Waals surface area contributed by atoms with Crippen LogP contribution in [0.4, 0.5) is 4.39 Å². The summed E-state index contributed by atoms with van der Waals surface area (Å²) in [6.07, 6.45) is 2.32. The third kappa shape index (κ3) is 2.91. The van der Waals surface area contributed by atoms with E-state index in [9.17, 15) is 12.8 Å². The molecule has 2 aromatic rings. The van der Waals surface area contributed by atoms with E-state index in [1.807, 2.05) is 6.07 Å². The Labute approximate surface area is 136 Å². The summed E-state index contributed by atoms with van der Waals surface area (Å²) in [4.78, 5) is 0.266. The molecule has 0 aliphatic heterocycles. The molecule has 0 spiro atoms. The Morgan fingerprint density at radius 2 is 1.87 bits per heavy atom. The number of halogens is 1. The number of rotatable bonds is 4. The molecule has 1 N–H and O–H groups in total. The lowest BCUT2D eigenvalue weighted by Crippen LogP contribution is -2.41. The lowest BCUT2D eigenvalue weighted by Gasteiger charge is -2.32. The highest BCUT2D eigenvalue weighted by Gasteiger charge is 2.38. The predicted octanol–water partition coefficient (Wildman–Crippen LogP) is 3.27. The van der Waals surface area contributed by atoms with Crippen LogP contribution in [0, 0.1) is 5.82 Å². The molecule has 23 heavy (non-hydrogen) atoms. The Morgan fingerprint density at radius 3 is 2.57 bits per heavy atom. The monoisotopic (exact) mass is 333 g/mol. The van der Waals surface area contributed by atoms with Crippen molar-refractivity contribution in [2.45, 2.75) is 35.4 Å². The van der Waals surface area contributed by atoms with Gasteiger partial charge in [0.05, 0.1) is 4.90 Å². The van der Waals surface area contributed by atoms with E-state index >= 15 is 0 Å². The van der Waals surface area contributed by atoms with E-state index in [-0.39, 0.29) is 16.6 Å². The molecule has 0 saturated heterocycles. The Balaban J connectivity index is 2.07. The fourth-order valence-corrected chi connectivity index (χ4v) is 5.35. The first kappa shape index (κ1) is 16.1. The molecule has 1 aliphatic rings. The van der Waals surface area contributed by atoms with Crippen molar-refractivity contribution in [1.29, 1.82) is 0 Å². The van der Waals surface area contributed by atoms with Crippen LogP contribution >= 0.6 is 0 Å². The number of fused-ring (bicyclic) bond motifs is 1. The average molecular weight is 333 g/mol. The number of hydrogen-bond acceptors (Lipinski definition) is 3. The molecule has 2 atom stereocenters. The molecule has 2 aromatic carbocycles. The number of nitrogens with one attached hydrogen (secondary N) is 1. The predicted molar refractivity (Wildman–Crippen MR) is 88.6 cm³/mol. The zero-order chi connectivity index (χ0) is 16.4. The summed E-state index contributed by atoms with van der Waals surface area (Å²) in [6, 6.07) is 13.4. The standard InChI is InChI=1S/C18H20FNO2S/c1-20-18(23(21,22)14-9-3-2-4-10-14)15-11-5-7-13-8-6-12-16(19)17(13)15/h2-4,6,8-10,12,15,18,20H,5,7,11H2,1H3. The molecule has 122 valence electrons. The summed E-state index contributed by atoms with van der Waals surface area (Å²) >= 11 is 0. The minimum absolute atomic E-state index is 0.266. The quantitative estimate of drug-likeness (QED) is 0.934. The van der Waals surface area contributed by atoms with Crippen LogP contribution in [0.1, 0.15) is 29.9 Å². The van der Waals surface area contributed by atoms with Gasteiger partial charge in [0, 0.05) is 5.92 Å². The van der Waals surface area contributed by atoms with Gasteiger partial charge in [-0.3, -0.25) is 0 Å². The van der Waals surface area contributed by atoms with Crippen LogP contribution < -0.4 is 5.32 Å². The number of aryl methyl sites for hydroxylation is 1. The first-order valence-corrected chi connectivity index (χ1v) is 9.34. The van der Waals surface area contributed by atoms with E-state index in [1.165, 1.54) is 6.07 Å². The van der Waals surface area contributed by atoms with Gasteiger partial charge in [0.2, 0.25) is 0 Å². The number of sulfone groups is 1. The summed E-state index contributed by atoms with van der Waals surface area (Å²) in [5, 5.41) is 2.09. The normalized spacial score (nSPS) is 19.1. The van der Waals surface area contributed by atoms with Gasteiger partial charge >= 0.3 is 0 Å². The van der Waals surface area contributed by atoms with Crippen molar-refractivity contribution in [2.24, 2.45) is 0 Å². The van der Waals surface area contributed by atoms with Crippen molar-refractivity contribution in [3.63, 3.8) is 0 Å². The van der Waals surface area contributed by atoms with Crippen LogP contribution in [-0.2, 0) is 16.3 Å². The summed E-state index contributed by atoms with van der Waals surface area (Å²) in [5.74, 6) is -0.689. The highest BCUT2D eigenvalue weighted by molar-refractivity contribution is 7.92. The van der Waals surface area contributed by atoms with E-state index in [0.717, 1.165) is 18.4 Å². The van der Waals surface area contributed by atoms with E-state index in [0.29, 0.717) is 12.0 Å². The van der Waals surface area contributed by atoms with E-state index in [4.69, 9.17) is 0 Å². The van der Waals surface area contributed by atoms with E-state index in [2.05, 4.69) is 5.32 Å². The largest absolute Gasteiger partial charge is 0.303 e. The molecule has 0 heterocycles. The Morgan fingerprint density at radius 1 is 1.13 bits per heavy atom. The molecule has 0 fully saturated rings. The number of likely N-dealkylation sites (N-methyl/N-ethyl adjacent to an activating group) is 1. The summed E-state index contributed by atoms with van der Waals surface area (Å²) in [5.41, 5.74) is 1.47. The van der Waals surface area contributed by atoms with Gasteiger partial charge in [-0.15, -0.1) is 0 Å². The van der Waals surface area contributed by atoms with E-state index in [1.54, 1.807) is 43.4 Å². The minimum Gasteiger partial charge on any atom is -0.303 e. The minimum atomic E-state index is -3.59. The number of benzene rings is 2. The number of hydrogen-bond donors (Lipinski definition) is 1. The highest BCUT2D eigenvalue weighted by Crippen LogP contribution is 2.38. The lowest BCUT2D eigenvalue weighted by atomic mass is 9.82. The first-order chi connectivity index (χ1) is 11.1. The summed E-state index contributed by atoms with van der Waals surface area (Å²) in [6.45, 7) is 0. The topological polar surface area (TPSA) is 46.2 Å². The van der Waals surface area contributed by atoms with Crippen molar-refractivity contribution < 1.29 is 12.8 Å². The Hall–Kier alpha value is -1.72. The van der Waals surface area contributed by atoms with Gasteiger partial charge in [-0.1, -0.05) is 30.3 Å². The molecule has 0 aromatic heterocycles. The molecule has 1 aliphatic carbocycles. The fraction of sp³-hybridized carbons (Fsp3) is 0.333. The molecule has 0 amide bonds. The van der Waals surface area contributed by atoms with Gasteiger partial charge in [-0.2, -0.15) is 0 Å². The molecule has 0 bridgehead atoms. The second-order valence-electron chi connectivity index (χ2n) is 5.88. The van der Waals surface area contributed by atoms with Crippen LogP contribution in [0.3, 0.4) is 0 Å². The van der Waals surface area contributed by atoms with Crippen molar-refractivity contribution in [3.8, 4) is 0 Å². The smallest absolute Gasteiger partial charge is 0.194 e. The van der Waals surface area contributed by atoms with Crippen LogP contribution in [0.25, 0.3) is 0 Å². The van der Waals surface area contributed by atoms with Gasteiger partial charge < -0.3 is 5.32 Å². The van der Waals surface area contributed by atoms with Gasteiger partial charge in [-0.05, 0) is 55.6 Å². The molecule has 2 unspecified atom stereocenters. The van der Waals surface area contributed by atoms with Crippen molar-refractivity contribution in [3.05, 3.63) is 65.5 Å². The van der Waals surface area contributed by atoms with Crippen LogP contribution in [0.2, 0.25) is 0 Å². The molecule has 3 rings (SSSR count). The zero-order valence-corrected chi connectivity index (χ0v) is 13.8. The molecule has 5 heteroatoms. The molecular formula is C18H20FNO2S. The fourth-order valence-electron chi connectivity index (χ4n) is 3.50. The van der Waals surface area contributed by atoms with Gasteiger partial charge in [-0.25, -0.2) is 12.8 Å². The highest BCUT2D eigenvalue weighted by atomic mass is 32.2. The molecular weight excluding hydrogens is 313 g/mol. The van der Waals surface area contributed by atoms with Gasteiger partial charge in [0.25, 0.3) is 0 Å². The molecule has 0 radical (unpaired) electrons. The lowest BCUT2D eigenvalue weighted by molar-refractivity contribution is 0.451. The Kier molecular flexibility index (Phi) is 4.50. The maximum Gasteiger partial charge on any atom is 0.194 e. The summed E-state index contributed by atoms with van der Waals surface area (Å²) in [7, 11) is -1.96. The third-order valence-corrected chi connectivity index (χ3v) is 6.69. The second-order valence-corrected chi connectivity index (χ2v) is 7.95.